The number of hydrogen-bond donors (Lipinski definition) is 2. The molecule has 0 aliphatic heterocycles. The van der Waals surface area contributed by atoms with Gasteiger partial charge in [0.05, 0.1) is 0 Å². The van der Waals surface area contributed by atoms with Gasteiger partial charge in [0, 0.05) is 24.1 Å². The Hall–Kier alpha value is -2.40. The number of anilines is 2. The number of rotatable bonds is 8. The van der Waals surface area contributed by atoms with Crippen molar-refractivity contribution in [1.29, 1.82) is 0 Å². The summed E-state index contributed by atoms with van der Waals surface area (Å²) in [5.74, 6) is -0.140. The zero-order valence-electron chi connectivity index (χ0n) is 14.7. The van der Waals surface area contributed by atoms with E-state index in [2.05, 4.69) is 39.6 Å². The van der Waals surface area contributed by atoms with E-state index < -0.39 is 0 Å². The summed E-state index contributed by atoms with van der Waals surface area (Å²) in [5.41, 5.74) is 3.58. The summed E-state index contributed by atoms with van der Waals surface area (Å²) in [5, 5.41) is 6.21. The normalized spacial score (nSPS) is 10.7. The highest BCUT2D eigenvalue weighted by Gasteiger charge is 2.07. The smallest absolute Gasteiger partial charge is 0.269 e. The van der Waals surface area contributed by atoms with Crippen molar-refractivity contribution in [1.82, 2.24) is 15.2 Å². The molecule has 1 aromatic heterocycles. The van der Waals surface area contributed by atoms with Crippen LogP contribution >= 0.6 is 0 Å². The Balaban J connectivity index is 1.93. The molecule has 0 spiro atoms. The van der Waals surface area contributed by atoms with Gasteiger partial charge in [0.25, 0.3) is 5.91 Å². The molecule has 2 rings (SSSR count). The van der Waals surface area contributed by atoms with Crippen molar-refractivity contribution < 1.29 is 4.79 Å². The van der Waals surface area contributed by atoms with Gasteiger partial charge in [-0.15, -0.1) is 0 Å². The molecule has 0 aliphatic rings. The standard InChI is InChI=1S/C19H26N4O/c1-4-15-6-8-16(9-7-15)22-17-10-12-20-18(14-17)19(24)21-11-5-13-23(2)3/h6-10,12,14H,4-5,11,13H2,1-3H3,(H,20,22)(H,21,24). The monoisotopic (exact) mass is 326 g/mol. The lowest BCUT2D eigenvalue weighted by Crippen LogP contribution is -2.27. The van der Waals surface area contributed by atoms with Crippen LogP contribution in [0.3, 0.4) is 0 Å². The summed E-state index contributed by atoms with van der Waals surface area (Å²) in [4.78, 5) is 18.4. The molecule has 1 heterocycles. The summed E-state index contributed by atoms with van der Waals surface area (Å²) in [6.07, 6.45) is 3.59. The zero-order valence-corrected chi connectivity index (χ0v) is 14.7. The van der Waals surface area contributed by atoms with E-state index in [1.807, 2.05) is 32.3 Å². The Morgan fingerprint density at radius 2 is 1.88 bits per heavy atom. The molecule has 0 fully saturated rings. The minimum absolute atomic E-state index is 0.140. The highest BCUT2D eigenvalue weighted by atomic mass is 16.1. The van der Waals surface area contributed by atoms with Crippen LogP contribution in [-0.4, -0.2) is 43.0 Å². The third-order valence-corrected chi connectivity index (χ3v) is 3.71. The number of nitrogens with one attached hydrogen (secondary N) is 2. The molecule has 5 nitrogen and oxygen atoms in total. The Bertz CT molecular complexity index is 653. The lowest BCUT2D eigenvalue weighted by atomic mass is 10.1. The number of aryl methyl sites for hydroxylation is 1. The van der Waals surface area contributed by atoms with Gasteiger partial charge in [0.1, 0.15) is 5.69 Å². The molecule has 1 aromatic carbocycles. The van der Waals surface area contributed by atoms with Gasteiger partial charge in [0.15, 0.2) is 0 Å². The van der Waals surface area contributed by atoms with E-state index in [9.17, 15) is 4.79 Å². The van der Waals surface area contributed by atoms with E-state index in [-0.39, 0.29) is 5.91 Å². The molecule has 2 aromatic rings. The van der Waals surface area contributed by atoms with Gasteiger partial charge in [-0.3, -0.25) is 9.78 Å². The SMILES string of the molecule is CCc1ccc(Nc2ccnc(C(=O)NCCCN(C)C)c2)cc1. The molecule has 0 unspecified atom stereocenters. The summed E-state index contributed by atoms with van der Waals surface area (Å²) in [6.45, 7) is 3.73. The first-order valence-electron chi connectivity index (χ1n) is 8.33. The number of benzene rings is 1. The fourth-order valence-corrected chi connectivity index (χ4v) is 2.31. The Labute approximate surface area is 144 Å². The highest BCUT2D eigenvalue weighted by Crippen LogP contribution is 2.17. The predicted molar refractivity (Wildman–Crippen MR) is 98.8 cm³/mol. The zero-order chi connectivity index (χ0) is 17.4. The number of amides is 1. The predicted octanol–water partition coefficient (Wildman–Crippen LogP) is 3.07. The van der Waals surface area contributed by atoms with Gasteiger partial charge in [-0.2, -0.15) is 0 Å². The Kier molecular flexibility index (Phi) is 6.75. The van der Waals surface area contributed by atoms with Crippen molar-refractivity contribution in [2.75, 3.05) is 32.5 Å². The average molecular weight is 326 g/mol. The summed E-state index contributed by atoms with van der Waals surface area (Å²) < 4.78 is 0. The molecule has 24 heavy (non-hydrogen) atoms. The Morgan fingerprint density at radius 1 is 1.12 bits per heavy atom. The maximum absolute atomic E-state index is 12.2. The quantitative estimate of drug-likeness (QED) is 0.732. The largest absolute Gasteiger partial charge is 0.355 e. The average Bonchev–Trinajstić information content (AvgIpc) is 2.59. The topological polar surface area (TPSA) is 57.3 Å². The number of hydrogen-bond acceptors (Lipinski definition) is 4. The van der Waals surface area contributed by atoms with Gasteiger partial charge >= 0.3 is 0 Å². The van der Waals surface area contributed by atoms with Gasteiger partial charge in [-0.25, -0.2) is 0 Å². The maximum Gasteiger partial charge on any atom is 0.269 e. The second-order valence-electron chi connectivity index (χ2n) is 6.02. The van der Waals surface area contributed by atoms with Crippen LogP contribution in [0.25, 0.3) is 0 Å². The molecule has 0 radical (unpaired) electrons. The van der Waals surface area contributed by atoms with Crippen LogP contribution in [0, 0.1) is 0 Å². The molecule has 0 saturated heterocycles. The maximum atomic E-state index is 12.2. The molecule has 1 amide bonds. The fourth-order valence-electron chi connectivity index (χ4n) is 2.31. The first-order valence-corrected chi connectivity index (χ1v) is 8.33. The van der Waals surface area contributed by atoms with E-state index in [4.69, 9.17) is 0 Å². The van der Waals surface area contributed by atoms with E-state index in [1.165, 1.54) is 5.56 Å². The van der Waals surface area contributed by atoms with Gasteiger partial charge in [-0.05, 0) is 63.3 Å². The van der Waals surface area contributed by atoms with Crippen LogP contribution in [0.4, 0.5) is 11.4 Å². The first-order chi connectivity index (χ1) is 11.6. The molecule has 128 valence electrons. The van der Waals surface area contributed by atoms with Crippen LogP contribution in [0.5, 0.6) is 0 Å². The number of carbonyl (C=O) groups excluding carboxylic acids is 1. The van der Waals surface area contributed by atoms with Crippen molar-refractivity contribution in [3.63, 3.8) is 0 Å². The first kappa shape index (κ1) is 17.9. The summed E-state index contributed by atoms with van der Waals surface area (Å²) in [7, 11) is 4.04. The summed E-state index contributed by atoms with van der Waals surface area (Å²) >= 11 is 0. The van der Waals surface area contributed by atoms with Crippen LogP contribution in [0.15, 0.2) is 42.6 Å². The van der Waals surface area contributed by atoms with E-state index in [0.29, 0.717) is 12.2 Å². The number of aromatic nitrogens is 1. The van der Waals surface area contributed by atoms with E-state index >= 15 is 0 Å². The second kappa shape index (κ2) is 9.03. The van der Waals surface area contributed by atoms with E-state index in [0.717, 1.165) is 30.8 Å². The van der Waals surface area contributed by atoms with Gasteiger partial charge < -0.3 is 15.5 Å². The molecule has 5 heteroatoms. The Morgan fingerprint density at radius 3 is 2.54 bits per heavy atom. The fraction of sp³-hybridized carbons (Fsp3) is 0.368. The molecule has 0 saturated carbocycles. The molecule has 0 bridgehead atoms. The molecular weight excluding hydrogens is 300 g/mol. The molecule has 0 aliphatic carbocycles. The van der Waals surface area contributed by atoms with Crippen molar-refractivity contribution in [2.45, 2.75) is 19.8 Å². The van der Waals surface area contributed by atoms with Crippen LogP contribution < -0.4 is 10.6 Å². The lowest BCUT2D eigenvalue weighted by Gasteiger charge is -2.11. The minimum Gasteiger partial charge on any atom is -0.355 e. The van der Waals surface area contributed by atoms with Crippen molar-refractivity contribution in [2.24, 2.45) is 0 Å². The third-order valence-electron chi connectivity index (χ3n) is 3.71. The lowest BCUT2D eigenvalue weighted by molar-refractivity contribution is 0.0947. The van der Waals surface area contributed by atoms with Gasteiger partial charge in [-0.1, -0.05) is 19.1 Å². The number of nitrogens with zero attached hydrogens (tertiary/aromatic N) is 2. The van der Waals surface area contributed by atoms with Crippen molar-refractivity contribution in [3.05, 3.63) is 53.9 Å². The van der Waals surface area contributed by atoms with Crippen molar-refractivity contribution >= 4 is 17.3 Å². The van der Waals surface area contributed by atoms with Crippen LogP contribution in [0.2, 0.25) is 0 Å². The number of carbonyl (C=O) groups is 1. The third kappa shape index (κ3) is 5.66. The molecule has 0 atom stereocenters. The number of pyridine rings is 1. The molecule has 2 N–H and O–H groups in total. The highest BCUT2D eigenvalue weighted by molar-refractivity contribution is 5.93. The van der Waals surface area contributed by atoms with Crippen LogP contribution in [-0.2, 0) is 6.42 Å². The molecular formula is C19H26N4O. The second-order valence-corrected chi connectivity index (χ2v) is 6.02. The van der Waals surface area contributed by atoms with Crippen molar-refractivity contribution in [3.8, 4) is 0 Å². The minimum atomic E-state index is -0.140. The van der Waals surface area contributed by atoms with Gasteiger partial charge in [0.2, 0.25) is 0 Å². The summed E-state index contributed by atoms with van der Waals surface area (Å²) in [6, 6.07) is 11.9. The van der Waals surface area contributed by atoms with E-state index in [1.54, 1.807) is 12.3 Å². The van der Waals surface area contributed by atoms with Crippen LogP contribution in [0.1, 0.15) is 29.4 Å².